The second kappa shape index (κ2) is 6.84. The van der Waals surface area contributed by atoms with Crippen LogP contribution in [0, 0.1) is 28.6 Å². The van der Waals surface area contributed by atoms with Crippen molar-refractivity contribution in [2.45, 2.75) is 49.3 Å². The fourth-order valence-corrected chi connectivity index (χ4v) is 7.48. The Kier molecular flexibility index (Phi) is 4.68. The number of halogens is 1. The van der Waals surface area contributed by atoms with E-state index in [4.69, 9.17) is 5.26 Å². The number of alkyl halides is 1. The summed E-state index contributed by atoms with van der Waals surface area (Å²) in [7, 11) is 0. The monoisotopic (exact) mass is 416 g/mol. The molecule has 4 bridgehead atoms. The molecule has 0 saturated heterocycles. The number of carbonyl (C=O) groups is 1. The first kappa shape index (κ1) is 17.8. The summed E-state index contributed by atoms with van der Waals surface area (Å²) in [6.45, 7) is 1.11. The summed E-state index contributed by atoms with van der Waals surface area (Å²) < 4.78 is 0.297. The standard InChI is InChI=1S/C20H25BrN4O/c21-20-9-14-6-15(10-20)8-19(7-14,13-20)11-17(26)23-4-5-25-18-16(12-22)2-1-3-24-18/h1-3,14-15H,4-11,13H2,(H,23,26)(H,24,25). The Balaban J connectivity index is 1.27. The lowest BCUT2D eigenvalue weighted by atomic mass is 9.48. The Morgan fingerprint density at radius 1 is 1.31 bits per heavy atom. The number of amides is 1. The molecule has 1 aromatic rings. The van der Waals surface area contributed by atoms with Crippen LogP contribution in [0.4, 0.5) is 5.82 Å². The first-order valence-corrected chi connectivity index (χ1v) is 10.3. The van der Waals surface area contributed by atoms with Crippen LogP contribution in [0.25, 0.3) is 0 Å². The zero-order valence-electron chi connectivity index (χ0n) is 14.9. The highest BCUT2D eigenvalue weighted by Gasteiger charge is 2.57. The smallest absolute Gasteiger partial charge is 0.220 e. The van der Waals surface area contributed by atoms with E-state index in [0.29, 0.717) is 35.2 Å². The average Bonchev–Trinajstić information content (AvgIpc) is 2.56. The molecule has 6 heteroatoms. The van der Waals surface area contributed by atoms with E-state index < -0.39 is 0 Å². The van der Waals surface area contributed by atoms with Gasteiger partial charge in [0.2, 0.25) is 5.91 Å². The second-order valence-corrected chi connectivity index (χ2v) is 10.3. The molecule has 0 spiro atoms. The van der Waals surface area contributed by atoms with Crippen LogP contribution in [0.2, 0.25) is 0 Å². The maximum absolute atomic E-state index is 12.5. The van der Waals surface area contributed by atoms with Gasteiger partial charge in [0.1, 0.15) is 11.9 Å². The molecule has 4 aliphatic rings. The summed E-state index contributed by atoms with van der Waals surface area (Å²) in [5.41, 5.74) is 0.732. The van der Waals surface area contributed by atoms with Crippen molar-refractivity contribution in [3.63, 3.8) is 0 Å². The molecule has 2 N–H and O–H groups in total. The molecule has 0 radical (unpaired) electrons. The van der Waals surface area contributed by atoms with E-state index in [1.807, 2.05) is 0 Å². The van der Waals surface area contributed by atoms with Crippen molar-refractivity contribution >= 4 is 27.7 Å². The molecule has 4 fully saturated rings. The molecule has 26 heavy (non-hydrogen) atoms. The number of rotatable bonds is 6. The van der Waals surface area contributed by atoms with Crippen molar-refractivity contribution in [2.24, 2.45) is 17.3 Å². The predicted molar refractivity (Wildman–Crippen MR) is 104 cm³/mol. The number of pyridine rings is 1. The third-order valence-electron chi connectivity index (χ3n) is 6.31. The highest BCUT2D eigenvalue weighted by molar-refractivity contribution is 9.10. The largest absolute Gasteiger partial charge is 0.367 e. The lowest BCUT2D eigenvalue weighted by molar-refractivity contribution is -0.128. The second-order valence-electron chi connectivity index (χ2n) is 8.58. The van der Waals surface area contributed by atoms with Crippen molar-refractivity contribution in [2.75, 3.05) is 18.4 Å². The van der Waals surface area contributed by atoms with Crippen LogP contribution in [0.5, 0.6) is 0 Å². The van der Waals surface area contributed by atoms with Crippen molar-refractivity contribution in [1.82, 2.24) is 10.3 Å². The SMILES string of the molecule is N#Cc1cccnc1NCCNC(=O)CC12CC3CC(CC(Br)(C3)C1)C2. The van der Waals surface area contributed by atoms with E-state index in [2.05, 4.69) is 37.6 Å². The molecule has 0 aliphatic heterocycles. The van der Waals surface area contributed by atoms with E-state index in [-0.39, 0.29) is 11.3 Å². The van der Waals surface area contributed by atoms with Gasteiger partial charge in [0.25, 0.3) is 0 Å². The first-order valence-electron chi connectivity index (χ1n) is 9.54. The number of carbonyl (C=O) groups excluding carboxylic acids is 1. The fourth-order valence-electron chi connectivity index (χ4n) is 5.97. The van der Waals surface area contributed by atoms with Crippen LogP contribution in [0.3, 0.4) is 0 Å². The first-order chi connectivity index (χ1) is 12.5. The third kappa shape index (κ3) is 3.59. The van der Waals surface area contributed by atoms with Gasteiger partial charge >= 0.3 is 0 Å². The molecule has 138 valence electrons. The molecule has 1 amide bonds. The van der Waals surface area contributed by atoms with Gasteiger partial charge in [-0.15, -0.1) is 0 Å². The molecular formula is C20H25BrN4O. The molecule has 1 heterocycles. The zero-order chi connectivity index (χ0) is 18.2. The van der Waals surface area contributed by atoms with Gasteiger partial charge in [-0.25, -0.2) is 4.98 Å². The maximum Gasteiger partial charge on any atom is 0.220 e. The van der Waals surface area contributed by atoms with E-state index in [1.165, 1.54) is 32.1 Å². The minimum Gasteiger partial charge on any atom is -0.367 e. The fraction of sp³-hybridized carbons (Fsp3) is 0.650. The molecule has 0 aromatic carbocycles. The summed E-state index contributed by atoms with van der Waals surface area (Å²) in [6, 6.07) is 5.59. The van der Waals surface area contributed by atoms with Crippen molar-refractivity contribution in [3.05, 3.63) is 23.9 Å². The van der Waals surface area contributed by atoms with Crippen LogP contribution in [-0.2, 0) is 4.79 Å². The maximum atomic E-state index is 12.5. The molecular weight excluding hydrogens is 392 g/mol. The van der Waals surface area contributed by atoms with Gasteiger partial charge in [-0.3, -0.25) is 4.79 Å². The predicted octanol–water partition coefficient (Wildman–Crippen LogP) is 3.61. The molecule has 4 aliphatic carbocycles. The summed E-state index contributed by atoms with van der Waals surface area (Å²) in [6.07, 6.45) is 9.86. The van der Waals surface area contributed by atoms with Gasteiger partial charge in [-0.05, 0) is 67.9 Å². The molecule has 5 nitrogen and oxygen atoms in total. The topological polar surface area (TPSA) is 77.8 Å². The lowest BCUT2D eigenvalue weighted by Gasteiger charge is -2.60. The Bertz CT molecular complexity index is 730. The summed E-state index contributed by atoms with van der Waals surface area (Å²) >= 11 is 4.01. The number of nitrogens with one attached hydrogen (secondary N) is 2. The minimum atomic E-state index is 0.159. The highest BCUT2D eigenvalue weighted by Crippen LogP contribution is 2.65. The number of aromatic nitrogens is 1. The van der Waals surface area contributed by atoms with Crippen LogP contribution in [0.1, 0.15) is 50.5 Å². The van der Waals surface area contributed by atoms with Crippen LogP contribution < -0.4 is 10.6 Å². The normalized spacial score (nSPS) is 34.3. The van der Waals surface area contributed by atoms with Crippen LogP contribution >= 0.6 is 15.9 Å². The molecule has 4 saturated carbocycles. The number of nitriles is 1. The number of nitrogens with zero attached hydrogens (tertiary/aromatic N) is 2. The average molecular weight is 417 g/mol. The Labute approximate surface area is 163 Å². The minimum absolute atomic E-state index is 0.159. The van der Waals surface area contributed by atoms with Gasteiger partial charge in [0.15, 0.2) is 0 Å². The Hall–Kier alpha value is -1.61. The number of hydrogen-bond donors (Lipinski definition) is 2. The van der Waals surface area contributed by atoms with Gasteiger partial charge < -0.3 is 10.6 Å². The molecule has 5 rings (SSSR count). The molecule has 1 aromatic heterocycles. The van der Waals surface area contributed by atoms with Crippen LogP contribution in [0.15, 0.2) is 18.3 Å². The summed E-state index contributed by atoms with van der Waals surface area (Å²) in [5.74, 6) is 2.34. The highest BCUT2D eigenvalue weighted by atomic mass is 79.9. The molecule has 2 unspecified atom stereocenters. The summed E-state index contributed by atoms with van der Waals surface area (Å²) in [4.78, 5) is 16.7. The van der Waals surface area contributed by atoms with Crippen molar-refractivity contribution < 1.29 is 4.79 Å². The summed E-state index contributed by atoms with van der Waals surface area (Å²) in [5, 5.41) is 15.2. The van der Waals surface area contributed by atoms with Gasteiger partial charge in [0, 0.05) is 30.0 Å². The van der Waals surface area contributed by atoms with E-state index in [0.717, 1.165) is 18.3 Å². The van der Waals surface area contributed by atoms with Gasteiger partial charge in [-0.2, -0.15) is 5.26 Å². The van der Waals surface area contributed by atoms with E-state index in [9.17, 15) is 4.79 Å². The third-order valence-corrected chi connectivity index (χ3v) is 7.24. The zero-order valence-corrected chi connectivity index (χ0v) is 16.5. The van der Waals surface area contributed by atoms with Crippen molar-refractivity contribution in [3.8, 4) is 6.07 Å². The quantitative estimate of drug-likeness (QED) is 0.548. The number of anilines is 1. The lowest BCUT2D eigenvalue weighted by Crippen LogP contribution is -2.54. The Morgan fingerprint density at radius 2 is 2.08 bits per heavy atom. The van der Waals surface area contributed by atoms with Gasteiger partial charge in [-0.1, -0.05) is 15.9 Å². The van der Waals surface area contributed by atoms with E-state index in [1.54, 1.807) is 18.3 Å². The van der Waals surface area contributed by atoms with Crippen LogP contribution in [-0.4, -0.2) is 28.3 Å². The number of hydrogen-bond acceptors (Lipinski definition) is 4. The van der Waals surface area contributed by atoms with Gasteiger partial charge in [0.05, 0.1) is 5.56 Å². The van der Waals surface area contributed by atoms with E-state index >= 15 is 0 Å². The van der Waals surface area contributed by atoms with Crippen molar-refractivity contribution in [1.29, 1.82) is 5.26 Å². The Morgan fingerprint density at radius 3 is 2.77 bits per heavy atom. The molecule has 2 atom stereocenters.